The first-order valence-electron chi connectivity index (χ1n) is 5.69. The third-order valence-electron chi connectivity index (χ3n) is 2.47. The number of carbonyl (C=O) groups excluding carboxylic acids is 1. The van der Waals surface area contributed by atoms with Gasteiger partial charge in [-0.2, -0.15) is 0 Å². The van der Waals surface area contributed by atoms with E-state index < -0.39 is 12.1 Å². The fraction of sp³-hybridized carbons (Fsp3) is 0.143. The van der Waals surface area contributed by atoms with Gasteiger partial charge in [-0.05, 0) is 35.9 Å². The van der Waals surface area contributed by atoms with E-state index in [9.17, 15) is 9.90 Å². The van der Waals surface area contributed by atoms with Crippen molar-refractivity contribution in [3.05, 3.63) is 59.4 Å². The van der Waals surface area contributed by atoms with Crippen molar-refractivity contribution in [2.24, 2.45) is 0 Å². The molecular weight excluding hydrogens is 266 g/mol. The second-order valence-electron chi connectivity index (χ2n) is 3.93. The van der Waals surface area contributed by atoms with E-state index in [0.717, 1.165) is 0 Å². The van der Waals surface area contributed by atoms with Crippen molar-refractivity contribution < 1.29 is 14.6 Å². The van der Waals surface area contributed by atoms with Gasteiger partial charge in [-0.25, -0.2) is 0 Å². The Balaban J connectivity index is 1.93. The molecule has 0 amide bonds. The zero-order valence-electron chi connectivity index (χ0n) is 9.99. The average molecular weight is 278 g/mol. The fourth-order valence-corrected chi connectivity index (χ4v) is 1.65. The van der Waals surface area contributed by atoms with Gasteiger partial charge in [0.05, 0.1) is 12.5 Å². The van der Waals surface area contributed by atoms with Gasteiger partial charge >= 0.3 is 5.97 Å². The Bertz CT molecular complexity index is 542. The topological polar surface area (TPSA) is 59.4 Å². The van der Waals surface area contributed by atoms with E-state index >= 15 is 0 Å². The van der Waals surface area contributed by atoms with E-state index in [1.807, 2.05) is 0 Å². The first-order valence-corrected chi connectivity index (χ1v) is 6.07. The summed E-state index contributed by atoms with van der Waals surface area (Å²) in [5.74, 6) is -0.119. The number of aliphatic hydroxyl groups is 1. The van der Waals surface area contributed by atoms with Crippen LogP contribution in [0.15, 0.2) is 48.8 Å². The van der Waals surface area contributed by atoms with Crippen LogP contribution in [0.1, 0.15) is 18.1 Å². The van der Waals surface area contributed by atoms with Gasteiger partial charge in [0.25, 0.3) is 0 Å². The van der Waals surface area contributed by atoms with E-state index in [4.69, 9.17) is 16.3 Å². The summed E-state index contributed by atoms with van der Waals surface area (Å²) in [5.41, 5.74) is 0.579. The summed E-state index contributed by atoms with van der Waals surface area (Å²) in [4.78, 5) is 15.5. The van der Waals surface area contributed by atoms with Crippen LogP contribution in [0.3, 0.4) is 0 Å². The minimum atomic E-state index is -0.923. The van der Waals surface area contributed by atoms with Gasteiger partial charge < -0.3 is 9.84 Å². The Hall–Kier alpha value is -1.91. The molecule has 0 aliphatic heterocycles. The molecule has 1 unspecified atom stereocenters. The molecular formula is C14H12ClNO3. The van der Waals surface area contributed by atoms with Crippen molar-refractivity contribution in [2.45, 2.75) is 12.5 Å². The quantitative estimate of drug-likeness (QED) is 0.690. The highest BCUT2D eigenvalue weighted by molar-refractivity contribution is 6.30. The molecule has 0 radical (unpaired) electrons. The molecule has 2 aromatic rings. The molecule has 1 atom stereocenters. The number of rotatable bonds is 4. The van der Waals surface area contributed by atoms with E-state index in [-0.39, 0.29) is 6.42 Å². The van der Waals surface area contributed by atoms with Crippen LogP contribution in [-0.2, 0) is 4.79 Å². The Kier molecular flexibility index (Phi) is 4.49. The number of halogens is 1. The lowest BCUT2D eigenvalue weighted by Crippen LogP contribution is -2.13. The first-order chi connectivity index (χ1) is 9.15. The highest BCUT2D eigenvalue weighted by Gasteiger charge is 2.14. The second-order valence-corrected chi connectivity index (χ2v) is 4.37. The molecule has 4 nitrogen and oxygen atoms in total. The van der Waals surface area contributed by atoms with E-state index in [2.05, 4.69) is 4.98 Å². The standard InChI is InChI=1S/C14H12ClNO3/c15-11-3-5-12(6-4-11)19-14(18)8-13(17)10-2-1-7-16-9-10/h1-7,9,13,17H,8H2. The van der Waals surface area contributed by atoms with E-state index in [1.165, 1.54) is 6.20 Å². The summed E-state index contributed by atoms with van der Waals surface area (Å²) in [6, 6.07) is 9.84. The van der Waals surface area contributed by atoms with Crippen LogP contribution >= 0.6 is 11.6 Å². The van der Waals surface area contributed by atoms with Gasteiger partial charge in [-0.15, -0.1) is 0 Å². The van der Waals surface area contributed by atoms with Crippen LogP contribution in [0, 0.1) is 0 Å². The van der Waals surface area contributed by atoms with Crippen molar-refractivity contribution in [3.8, 4) is 5.75 Å². The normalized spacial score (nSPS) is 11.9. The van der Waals surface area contributed by atoms with E-state index in [1.54, 1.807) is 42.6 Å². The summed E-state index contributed by atoms with van der Waals surface area (Å²) in [6.07, 6.45) is 2.06. The van der Waals surface area contributed by atoms with Crippen LogP contribution in [0.2, 0.25) is 5.02 Å². The molecule has 98 valence electrons. The summed E-state index contributed by atoms with van der Waals surface area (Å²) in [5, 5.41) is 10.4. The molecule has 0 saturated heterocycles. The largest absolute Gasteiger partial charge is 0.426 e. The molecule has 1 N–H and O–H groups in total. The van der Waals surface area contributed by atoms with Crippen molar-refractivity contribution in [1.29, 1.82) is 0 Å². The van der Waals surface area contributed by atoms with Gasteiger partial charge in [0.2, 0.25) is 0 Å². The van der Waals surface area contributed by atoms with Crippen molar-refractivity contribution in [3.63, 3.8) is 0 Å². The molecule has 1 heterocycles. The number of pyridine rings is 1. The van der Waals surface area contributed by atoms with Gasteiger partial charge in [0.1, 0.15) is 5.75 Å². The van der Waals surface area contributed by atoms with Gasteiger partial charge in [-0.1, -0.05) is 17.7 Å². The third-order valence-corrected chi connectivity index (χ3v) is 2.73. The molecule has 0 spiro atoms. The molecule has 0 fully saturated rings. The lowest BCUT2D eigenvalue weighted by atomic mass is 10.1. The predicted octanol–water partition coefficient (Wildman–Crippen LogP) is 2.76. The molecule has 1 aromatic heterocycles. The zero-order valence-corrected chi connectivity index (χ0v) is 10.7. The third kappa shape index (κ3) is 4.05. The Morgan fingerprint density at radius 3 is 2.68 bits per heavy atom. The smallest absolute Gasteiger partial charge is 0.314 e. The van der Waals surface area contributed by atoms with Crippen LogP contribution in [0.4, 0.5) is 0 Å². The minimum Gasteiger partial charge on any atom is -0.426 e. The number of esters is 1. The predicted molar refractivity (Wildman–Crippen MR) is 70.9 cm³/mol. The highest BCUT2D eigenvalue weighted by atomic mass is 35.5. The van der Waals surface area contributed by atoms with Gasteiger partial charge in [-0.3, -0.25) is 9.78 Å². The second kappa shape index (κ2) is 6.31. The van der Waals surface area contributed by atoms with Crippen LogP contribution in [0.25, 0.3) is 0 Å². The number of carbonyl (C=O) groups is 1. The summed E-state index contributed by atoms with van der Waals surface area (Å²) < 4.78 is 5.08. The lowest BCUT2D eigenvalue weighted by molar-refractivity contribution is -0.136. The highest BCUT2D eigenvalue weighted by Crippen LogP contribution is 2.19. The maximum atomic E-state index is 11.6. The number of aromatic nitrogens is 1. The van der Waals surface area contributed by atoms with E-state index in [0.29, 0.717) is 16.3 Å². The van der Waals surface area contributed by atoms with Crippen LogP contribution < -0.4 is 4.74 Å². The van der Waals surface area contributed by atoms with Crippen LogP contribution in [-0.4, -0.2) is 16.1 Å². The Labute approximate surface area is 115 Å². The Morgan fingerprint density at radius 1 is 1.32 bits per heavy atom. The van der Waals surface area contributed by atoms with Gasteiger partial charge in [0.15, 0.2) is 0 Å². The monoisotopic (exact) mass is 277 g/mol. The fourth-order valence-electron chi connectivity index (χ4n) is 1.52. The maximum Gasteiger partial charge on any atom is 0.314 e. The summed E-state index contributed by atoms with van der Waals surface area (Å²) in [6.45, 7) is 0. The van der Waals surface area contributed by atoms with Crippen molar-refractivity contribution >= 4 is 17.6 Å². The number of nitrogens with zero attached hydrogens (tertiary/aromatic N) is 1. The number of benzene rings is 1. The Morgan fingerprint density at radius 2 is 2.05 bits per heavy atom. The number of ether oxygens (including phenoxy) is 1. The van der Waals surface area contributed by atoms with Crippen molar-refractivity contribution in [1.82, 2.24) is 4.98 Å². The lowest BCUT2D eigenvalue weighted by Gasteiger charge is -2.10. The molecule has 0 saturated carbocycles. The number of hydrogen-bond donors (Lipinski definition) is 1. The molecule has 0 aliphatic rings. The molecule has 2 rings (SSSR count). The first kappa shape index (κ1) is 13.5. The number of aliphatic hydroxyl groups excluding tert-OH is 1. The summed E-state index contributed by atoms with van der Waals surface area (Å²) in [7, 11) is 0. The molecule has 0 aliphatic carbocycles. The molecule has 1 aromatic carbocycles. The maximum absolute atomic E-state index is 11.6. The molecule has 19 heavy (non-hydrogen) atoms. The average Bonchev–Trinajstić information content (AvgIpc) is 2.42. The minimum absolute atomic E-state index is 0.131. The zero-order chi connectivity index (χ0) is 13.7. The number of hydrogen-bond acceptors (Lipinski definition) is 4. The van der Waals surface area contributed by atoms with Gasteiger partial charge in [0, 0.05) is 17.4 Å². The SMILES string of the molecule is O=C(CC(O)c1cccnc1)Oc1ccc(Cl)cc1. The van der Waals surface area contributed by atoms with Crippen LogP contribution in [0.5, 0.6) is 5.75 Å². The van der Waals surface area contributed by atoms with Crippen molar-refractivity contribution in [2.75, 3.05) is 0 Å². The molecule has 0 bridgehead atoms. The molecule has 5 heteroatoms. The summed E-state index contributed by atoms with van der Waals surface area (Å²) >= 11 is 5.73.